The number of aldehydes is 1. The Morgan fingerprint density at radius 2 is 1.93 bits per heavy atom. The fraction of sp³-hybridized carbons (Fsp3) is 0.381. The summed E-state index contributed by atoms with van der Waals surface area (Å²) in [4.78, 5) is 19.8. The van der Waals surface area contributed by atoms with Gasteiger partial charge in [-0.15, -0.1) is 0 Å². The molecule has 28 heavy (non-hydrogen) atoms. The van der Waals surface area contributed by atoms with Gasteiger partial charge in [0.15, 0.2) is 6.29 Å². The Hall–Kier alpha value is -2.38. The summed E-state index contributed by atoms with van der Waals surface area (Å²) in [5.74, 6) is 0.470. The number of aliphatic imine (C=N–C) groups is 1. The van der Waals surface area contributed by atoms with Gasteiger partial charge in [-0.3, -0.25) is 14.8 Å². The van der Waals surface area contributed by atoms with Crippen molar-refractivity contribution >= 4 is 22.0 Å². The van der Waals surface area contributed by atoms with E-state index in [1.165, 1.54) is 0 Å². The number of rotatable bonds is 5. The van der Waals surface area contributed by atoms with Crippen LogP contribution < -0.4 is 0 Å². The van der Waals surface area contributed by atoms with E-state index in [9.17, 15) is 13.2 Å². The fourth-order valence-corrected chi connectivity index (χ4v) is 5.13. The topological polar surface area (TPSA) is 79.7 Å². The van der Waals surface area contributed by atoms with Crippen molar-refractivity contribution < 1.29 is 13.2 Å². The summed E-state index contributed by atoms with van der Waals surface area (Å²) in [6.07, 6.45) is 6.16. The molecule has 0 amide bonds. The number of fused-ring (bicyclic) bond motifs is 1. The molecule has 0 spiro atoms. The Labute approximate surface area is 165 Å². The van der Waals surface area contributed by atoms with Crippen LogP contribution in [-0.2, 0) is 21.4 Å². The molecule has 1 aromatic carbocycles. The van der Waals surface area contributed by atoms with Crippen molar-refractivity contribution in [2.45, 2.75) is 32.2 Å². The third-order valence-corrected chi connectivity index (χ3v) is 7.57. The van der Waals surface area contributed by atoms with Crippen molar-refractivity contribution in [2.24, 2.45) is 4.99 Å². The van der Waals surface area contributed by atoms with Crippen molar-refractivity contribution in [2.75, 3.05) is 18.8 Å². The monoisotopic (exact) mass is 397 g/mol. The van der Waals surface area contributed by atoms with E-state index in [0.29, 0.717) is 31.3 Å². The molecule has 4 rings (SSSR count). The lowest BCUT2D eigenvalue weighted by molar-refractivity contribution is -0.102. The van der Waals surface area contributed by atoms with E-state index in [4.69, 9.17) is 0 Å². The van der Waals surface area contributed by atoms with Crippen LogP contribution in [0.25, 0.3) is 11.1 Å². The molecule has 3 heterocycles. The average molecular weight is 398 g/mol. The summed E-state index contributed by atoms with van der Waals surface area (Å²) in [6, 6.07) is 8.18. The highest BCUT2D eigenvalue weighted by Gasteiger charge is 2.27. The molecule has 146 valence electrons. The third-order valence-electron chi connectivity index (χ3n) is 5.69. The number of aromatic nitrogens is 1. The minimum absolute atomic E-state index is 0.155. The summed E-state index contributed by atoms with van der Waals surface area (Å²) < 4.78 is 25.7. The van der Waals surface area contributed by atoms with Crippen LogP contribution >= 0.6 is 0 Å². The van der Waals surface area contributed by atoms with Crippen molar-refractivity contribution in [1.29, 1.82) is 0 Å². The minimum atomic E-state index is -3.11. The lowest BCUT2D eigenvalue weighted by Crippen LogP contribution is -2.38. The summed E-state index contributed by atoms with van der Waals surface area (Å²) in [7, 11) is -3.11. The lowest BCUT2D eigenvalue weighted by Gasteiger charge is -2.31. The van der Waals surface area contributed by atoms with Gasteiger partial charge in [0.05, 0.1) is 12.3 Å². The second kappa shape index (κ2) is 7.56. The standard InChI is InChI=1S/C21H23N3O3S/c1-2-28(26,27)24-7-5-15(6-8-24)17-10-18(12-22-11-17)16-3-4-20-19(9-16)13-23-21(20)14-25/h3-4,9-12,14-15H,2,5-8,13H2,1H3. The number of hydrogen-bond donors (Lipinski definition) is 0. The molecule has 0 radical (unpaired) electrons. The first-order valence-electron chi connectivity index (χ1n) is 9.58. The number of pyridine rings is 1. The first kappa shape index (κ1) is 19.0. The van der Waals surface area contributed by atoms with Crippen molar-refractivity contribution in [3.63, 3.8) is 0 Å². The number of piperidine rings is 1. The van der Waals surface area contributed by atoms with E-state index in [1.807, 2.05) is 24.5 Å². The van der Waals surface area contributed by atoms with Crippen LogP contribution in [-0.4, -0.2) is 48.5 Å². The zero-order valence-corrected chi connectivity index (χ0v) is 16.7. The summed E-state index contributed by atoms with van der Waals surface area (Å²) >= 11 is 0. The molecule has 1 fully saturated rings. The molecular formula is C21H23N3O3S. The molecule has 1 saturated heterocycles. The molecule has 2 aliphatic heterocycles. The highest BCUT2D eigenvalue weighted by atomic mass is 32.2. The maximum absolute atomic E-state index is 12.1. The Balaban J connectivity index is 1.53. The molecule has 0 unspecified atom stereocenters. The molecule has 0 bridgehead atoms. The van der Waals surface area contributed by atoms with E-state index in [2.05, 4.69) is 22.1 Å². The van der Waals surface area contributed by atoms with Gasteiger partial charge in [-0.25, -0.2) is 12.7 Å². The van der Waals surface area contributed by atoms with Gasteiger partial charge in [-0.05, 0) is 54.5 Å². The SMILES string of the molecule is CCS(=O)(=O)N1CCC(c2cncc(-c3ccc4c(c3)CN=C4C=O)c2)CC1. The van der Waals surface area contributed by atoms with Gasteiger partial charge in [0.2, 0.25) is 10.0 Å². The van der Waals surface area contributed by atoms with Gasteiger partial charge in [-0.2, -0.15) is 0 Å². The van der Waals surface area contributed by atoms with E-state index in [1.54, 1.807) is 11.2 Å². The summed E-state index contributed by atoms with van der Waals surface area (Å²) in [6.45, 7) is 3.36. The lowest BCUT2D eigenvalue weighted by atomic mass is 9.89. The van der Waals surface area contributed by atoms with Gasteiger partial charge < -0.3 is 0 Å². The predicted octanol–water partition coefficient (Wildman–Crippen LogP) is 2.78. The Bertz CT molecular complexity index is 1040. The Morgan fingerprint density at radius 1 is 1.14 bits per heavy atom. The summed E-state index contributed by atoms with van der Waals surface area (Å²) in [5, 5.41) is 0. The number of carbonyl (C=O) groups is 1. The van der Waals surface area contributed by atoms with Crippen LogP contribution in [0, 0.1) is 0 Å². The molecular weight excluding hydrogens is 374 g/mol. The number of nitrogens with zero attached hydrogens (tertiary/aromatic N) is 3. The van der Waals surface area contributed by atoms with Crippen molar-refractivity contribution in [1.82, 2.24) is 9.29 Å². The molecule has 1 aromatic heterocycles. The predicted molar refractivity (Wildman–Crippen MR) is 109 cm³/mol. The number of sulfonamides is 1. The molecule has 0 N–H and O–H groups in total. The van der Waals surface area contributed by atoms with Gasteiger partial charge in [0.1, 0.15) is 5.71 Å². The van der Waals surface area contributed by atoms with Crippen LogP contribution in [0.15, 0.2) is 41.7 Å². The maximum Gasteiger partial charge on any atom is 0.213 e. The number of carbonyl (C=O) groups excluding carboxylic acids is 1. The fourth-order valence-electron chi connectivity index (χ4n) is 4.00. The van der Waals surface area contributed by atoms with Gasteiger partial charge in [0, 0.05) is 36.6 Å². The van der Waals surface area contributed by atoms with Crippen molar-refractivity contribution in [3.8, 4) is 11.1 Å². The molecule has 7 heteroatoms. The van der Waals surface area contributed by atoms with E-state index < -0.39 is 10.0 Å². The maximum atomic E-state index is 12.1. The molecule has 2 aromatic rings. The molecule has 0 aliphatic carbocycles. The molecule has 0 atom stereocenters. The van der Waals surface area contributed by atoms with Crippen LogP contribution in [0.1, 0.15) is 42.4 Å². The van der Waals surface area contributed by atoms with E-state index in [-0.39, 0.29) is 5.75 Å². The number of benzene rings is 1. The van der Waals surface area contributed by atoms with Crippen LogP contribution in [0.5, 0.6) is 0 Å². The first-order valence-corrected chi connectivity index (χ1v) is 11.2. The Morgan fingerprint density at radius 3 is 2.64 bits per heavy atom. The molecule has 2 aliphatic rings. The average Bonchev–Trinajstić information content (AvgIpc) is 3.16. The van der Waals surface area contributed by atoms with Crippen molar-refractivity contribution in [3.05, 3.63) is 53.3 Å². The highest BCUT2D eigenvalue weighted by molar-refractivity contribution is 7.89. The molecule has 6 nitrogen and oxygen atoms in total. The normalized spacial score (nSPS) is 18.0. The highest BCUT2D eigenvalue weighted by Crippen LogP contribution is 2.32. The zero-order valence-electron chi connectivity index (χ0n) is 15.8. The van der Waals surface area contributed by atoms with E-state index in [0.717, 1.165) is 46.9 Å². The second-order valence-electron chi connectivity index (χ2n) is 7.27. The minimum Gasteiger partial charge on any atom is -0.296 e. The van der Waals surface area contributed by atoms with Gasteiger partial charge in [-0.1, -0.05) is 12.1 Å². The van der Waals surface area contributed by atoms with Crippen LogP contribution in [0.3, 0.4) is 0 Å². The third kappa shape index (κ3) is 3.52. The largest absolute Gasteiger partial charge is 0.296 e. The zero-order chi connectivity index (χ0) is 19.7. The number of hydrogen-bond acceptors (Lipinski definition) is 5. The second-order valence-corrected chi connectivity index (χ2v) is 9.53. The van der Waals surface area contributed by atoms with Gasteiger partial charge in [0.25, 0.3) is 0 Å². The quantitative estimate of drug-likeness (QED) is 0.727. The van der Waals surface area contributed by atoms with E-state index >= 15 is 0 Å². The Kier molecular flexibility index (Phi) is 5.12. The smallest absolute Gasteiger partial charge is 0.213 e. The van der Waals surface area contributed by atoms with Crippen LogP contribution in [0.4, 0.5) is 0 Å². The van der Waals surface area contributed by atoms with Gasteiger partial charge >= 0.3 is 0 Å². The first-order chi connectivity index (χ1) is 13.5. The molecule has 0 saturated carbocycles. The summed E-state index contributed by atoms with van der Waals surface area (Å²) in [5.41, 5.74) is 5.72. The van der Waals surface area contributed by atoms with Crippen LogP contribution in [0.2, 0.25) is 0 Å².